The normalized spacial score (nSPS) is 14.1. The lowest BCUT2D eigenvalue weighted by atomic mass is 9.73. The summed E-state index contributed by atoms with van der Waals surface area (Å²) in [5.74, 6) is 1.69. The molecule has 4 heteroatoms. The summed E-state index contributed by atoms with van der Waals surface area (Å²) < 4.78 is 9.03. The fourth-order valence-corrected chi connectivity index (χ4v) is 13.6. The van der Waals surface area contributed by atoms with Gasteiger partial charge in [0.25, 0.3) is 0 Å². The second-order valence-corrected chi connectivity index (χ2v) is 20.8. The molecule has 0 bridgehead atoms. The zero-order valence-electron chi connectivity index (χ0n) is 40.1. The molecule has 3 heterocycles. The van der Waals surface area contributed by atoms with Gasteiger partial charge in [-0.1, -0.05) is 166 Å². The lowest BCUT2D eigenvalue weighted by Gasteiger charge is -2.42. The van der Waals surface area contributed by atoms with Gasteiger partial charge in [0, 0.05) is 32.6 Å². The Bertz CT molecular complexity index is 4820. The molecule has 340 valence electrons. The van der Waals surface area contributed by atoms with Crippen molar-refractivity contribution in [2.75, 3.05) is 9.80 Å². The fourth-order valence-electron chi connectivity index (χ4n) is 13.6. The number of para-hydroxylation sites is 6. The predicted molar refractivity (Wildman–Crippen MR) is 307 cm³/mol. The molecule has 2 aliphatic heterocycles. The largest absolute Gasteiger partial charge is 0.453 e. The Hall–Kier alpha value is -9.38. The quantitative estimate of drug-likeness (QED) is 0.130. The van der Waals surface area contributed by atoms with Gasteiger partial charge in [-0.25, -0.2) is 0 Å². The van der Waals surface area contributed by atoms with E-state index in [9.17, 15) is 0 Å². The zero-order valence-corrected chi connectivity index (χ0v) is 40.1. The third-order valence-electron chi connectivity index (χ3n) is 16.8. The average molecular weight is 930 g/mol. The maximum absolute atomic E-state index is 6.50. The first-order valence-corrected chi connectivity index (χ1v) is 25.4. The van der Waals surface area contributed by atoms with E-state index in [2.05, 4.69) is 241 Å². The summed E-state index contributed by atoms with van der Waals surface area (Å²) in [4.78, 5) is 4.96. The van der Waals surface area contributed by atoms with E-state index in [1.165, 1.54) is 120 Å². The summed E-state index contributed by atoms with van der Waals surface area (Å²) in [7, 11) is 0. The molecule has 0 radical (unpaired) electrons. The van der Waals surface area contributed by atoms with Crippen LogP contribution in [0.3, 0.4) is 0 Å². The predicted octanol–water partition coefficient (Wildman–Crippen LogP) is 19.4. The van der Waals surface area contributed by atoms with E-state index in [1.807, 2.05) is 12.1 Å². The minimum atomic E-state index is -0.317. The van der Waals surface area contributed by atoms with Crippen LogP contribution in [-0.4, -0.2) is 4.57 Å². The highest BCUT2D eigenvalue weighted by atomic mass is 16.5. The molecule has 15 aromatic rings. The number of anilines is 6. The number of nitrogens with zero attached hydrogens (tertiary/aromatic N) is 3. The Morgan fingerprint density at radius 2 is 0.836 bits per heavy atom. The first kappa shape index (κ1) is 39.4. The molecule has 0 spiro atoms. The van der Waals surface area contributed by atoms with Crippen LogP contribution in [0, 0.1) is 0 Å². The number of fused-ring (bicyclic) bond motifs is 10. The molecule has 0 atom stereocenters. The fraction of sp³-hybridized carbons (Fsp3) is 0.0435. The molecule has 0 fully saturated rings. The molecule has 0 N–H and O–H groups in total. The van der Waals surface area contributed by atoms with Crippen LogP contribution in [0.15, 0.2) is 224 Å². The minimum absolute atomic E-state index is 0.317. The molecule has 17 rings (SSSR count). The molecule has 2 aliphatic rings. The van der Waals surface area contributed by atoms with Crippen molar-refractivity contribution >= 4 is 131 Å². The van der Waals surface area contributed by atoms with Gasteiger partial charge in [0.2, 0.25) is 0 Å². The molecular formula is C69H43N3O. The molecule has 73 heavy (non-hydrogen) atoms. The molecular weight excluding hydrogens is 887 g/mol. The zero-order chi connectivity index (χ0) is 47.8. The second kappa shape index (κ2) is 13.9. The Balaban J connectivity index is 0.969. The first-order chi connectivity index (χ1) is 36.0. The van der Waals surface area contributed by atoms with E-state index in [4.69, 9.17) is 4.74 Å². The standard InChI is InChI=1S/C69H43N3O/c1-69(2)52-23-6-7-24-56(52)71(54-35-31-41-30-34-48-55(36-32-42-29-33-47(54)65(41)66(42)48)72-57-25-8-10-27-62(57)73-63-28-11-9-26-58(63)72)60-39-59-51(37-53(60)69)68-49-22-14-21-45-44-19-12-15-40-16-13-20-46(64(40)44)50(67(45)49)38-61(68)70(59)43-17-4-3-5-18-43/h3-39H,1-2H3. The van der Waals surface area contributed by atoms with Gasteiger partial charge in [0.05, 0.1) is 45.2 Å². The molecule has 0 saturated carbocycles. The maximum Gasteiger partial charge on any atom is 0.151 e. The van der Waals surface area contributed by atoms with Crippen molar-refractivity contribution in [3.05, 3.63) is 236 Å². The molecule has 1 aromatic heterocycles. The Kier molecular flexibility index (Phi) is 7.51. The molecule has 0 saturated heterocycles. The van der Waals surface area contributed by atoms with Crippen molar-refractivity contribution in [1.29, 1.82) is 0 Å². The summed E-state index contributed by atoms with van der Waals surface area (Å²) in [6, 6.07) is 83.6. The number of hydrogen-bond acceptors (Lipinski definition) is 3. The van der Waals surface area contributed by atoms with E-state index in [0.29, 0.717) is 0 Å². The van der Waals surface area contributed by atoms with Gasteiger partial charge < -0.3 is 19.1 Å². The molecule has 0 aliphatic carbocycles. The van der Waals surface area contributed by atoms with E-state index in [0.717, 1.165) is 39.9 Å². The highest BCUT2D eigenvalue weighted by Gasteiger charge is 2.39. The van der Waals surface area contributed by atoms with E-state index < -0.39 is 0 Å². The van der Waals surface area contributed by atoms with Crippen LogP contribution >= 0.6 is 0 Å². The van der Waals surface area contributed by atoms with E-state index in [1.54, 1.807) is 0 Å². The van der Waals surface area contributed by atoms with Crippen LogP contribution in [0.25, 0.3) is 103 Å². The third kappa shape index (κ3) is 5.04. The topological polar surface area (TPSA) is 20.6 Å². The van der Waals surface area contributed by atoms with Crippen LogP contribution in [0.4, 0.5) is 34.1 Å². The summed E-state index contributed by atoms with van der Waals surface area (Å²) in [6.07, 6.45) is 0. The summed E-state index contributed by atoms with van der Waals surface area (Å²) in [6.45, 7) is 4.84. The van der Waals surface area contributed by atoms with Crippen LogP contribution in [-0.2, 0) is 5.41 Å². The smallest absolute Gasteiger partial charge is 0.151 e. The Labute approximate surface area is 420 Å². The van der Waals surface area contributed by atoms with Gasteiger partial charge in [0.1, 0.15) is 0 Å². The van der Waals surface area contributed by atoms with Crippen LogP contribution in [0.5, 0.6) is 11.5 Å². The van der Waals surface area contributed by atoms with Gasteiger partial charge in [0.15, 0.2) is 11.5 Å². The van der Waals surface area contributed by atoms with Gasteiger partial charge in [-0.2, -0.15) is 0 Å². The molecule has 4 nitrogen and oxygen atoms in total. The monoisotopic (exact) mass is 929 g/mol. The Morgan fingerprint density at radius 1 is 0.301 bits per heavy atom. The summed E-state index contributed by atoms with van der Waals surface area (Å²) in [5, 5.41) is 20.4. The van der Waals surface area contributed by atoms with Crippen LogP contribution in [0.2, 0.25) is 0 Å². The van der Waals surface area contributed by atoms with Gasteiger partial charge in [-0.05, 0) is 149 Å². The van der Waals surface area contributed by atoms with Gasteiger partial charge in [-0.3, -0.25) is 0 Å². The lowest BCUT2D eigenvalue weighted by Crippen LogP contribution is -2.30. The lowest BCUT2D eigenvalue weighted by molar-refractivity contribution is 0.477. The maximum atomic E-state index is 6.50. The number of hydrogen-bond donors (Lipinski definition) is 0. The van der Waals surface area contributed by atoms with Crippen molar-refractivity contribution < 1.29 is 4.74 Å². The van der Waals surface area contributed by atoms with Crippen molar-refractivity contribution in [3.63, 3.8) is 0 Å². The summed E-state index contributed by atoms with van der Waals surface area (Å²) >= 11 is 0. The highest BCUT2D eigenvalue weighted by molar-refractivity contribution is 6.38. The van der Waals surface area contributed by atoms with E-state index in [-0.39, 0.29) is 5.41 Å². The first-order valence-electron chi connectivity index (χ1n) is 25.4. The number of ether oxygens (including phenoxy) is 1. The average Bonchev–Trinajstić information content (AvgIpc) is 3.77. The third-order valence-corrected chi connectivity index (χ3v) is 16.8. The highest BCUT2D eigenvalue weighted by Crippen LogP contribution is 2.58. The second-order valence-electron chi connectivity index (χ2n) is 20.8. The van der Waals surface area contributed by atoms with Crippen molar-refractivity contribution in [3.8, 4) is 17.2 Å². The van der Waals surface area contributed by atoms with Crippen LogP contribution < -0.4 is 14.5 Å². The van der Waals surface area contributed by atoms with Gasteiger partial charge >= 0.3 is 0 Å². The van der Waals surface area contributed by atoms with Crippen molar-refractivity contribution in [2.24, 2.45) is 0 Å². The van der Waals surface area contributed by atoms with Crippen molar-refractivity contribution in [1.82, 2.24) is 4.57 Å². The van der Waals surface area contributed by atoms with Crippen LogP contribution in [0.1, 0.15) is 25.0 Å². The summed E-state index contributed by atoms with van der Waals surface area (Å²) in [5.41, 5.74) is 12.6. The number of benzene rings is 14. The molecule has 0 amide bonds. The number of aromatic nitrogens is 1. The molecule has 0 unspecified atom stereocenters. The SMILES string of the molecule is CC1(C)c2ccccc2N(c2ccc3ccc4c(N5c6ccccc6Oc6ccccc65)ccc5ccc2c3c54)c2cc3c(cc21)c1c2cccc4c5cccc6cccc(c(cc1n3-c1ccccc1)c42)c65. The number of rotatable bonds is 3. The van der Waals surface area contributed by atoms with Crippen molar-refractivity contribution in [2.45, 2.75) is 19.3 Å². The Morgan fingerprint density at radius 3 is 1.52 bits per heavy atom. The minimum Gasteiger partial charge on any atom is -0.453 e. The molecule has 14 aromatic carbocycles. The van der Waals surface area contributed by atoms with Gasteiger partial charge in [-0.15, -0.1) is 0 Å². The van der Waals surface area contributed by atoms with E-state index >= 15 is 0 Å².